The van der Waals surface area contributed by atoms with Crippen LogP contribution in [0, 0.1) is 11.3 Å². The molecule has 4 nitrogen and oxygen atoms in total. The Morgan fingerprint density at radius 1 is 1.53 bits per heavy atom. The van der Waals surface area contributed by atoms with Crippen molar-refractivity contribution in [2.24, 2.45) is 0 Å². The zero-order valence-electron chi connectivity index (χ0n) is 10.1. The highest BCUT2D eigenvalue weighted by atomic mass is 16.5. The lowest BCUT2D eigenvalue weighted by atomic mass is 10.2. The molecule has 1 atom stereocenters. The molecule has 0 spiro atoms. The van der Waals surface area contributed by atoms with Gasteiger partial charge in [-0.2, -0.15) is 5.26 Å². The molecule has 1 aromatic carbocycles. The molecule has 17 heavy (non-hydrogen) atoms. The topological polar surface area (TPSA) is 62.1 Å². The first-order valence-corrected chi connectivity index (χ1v) is 5.59. The summed E-state index contributed by atoms with van der Waals surface area (Å²) < 4.78 is 5.68. The molecule has 0 fully saturated rings. The van der Waals surface area contributed by atoms with Gasteiger partial charge < -0.3 is 10.1 Å². The summed E-state index contributed by atoms with van der Waals surface area (Å²) in [7, 11) is 0. The maximum atomic E-state index is 11.3. The van der Waals surface area contributed by atoms with Crippen molar-refractivity contribution in [1.29, 1.82) is 5.26 Å². The monoisotopic (exact) mass is 232 g/mol. The first kappa shape index (κ1) is 13.0. The lowest BCUT2D eigenvalue weighted by Crippen LogP contribution is -2.14. The van der Waals surface area contributed by atoms with Crippen LogP contribution in [0.15, 0.2) is 24.3 Å². The first-order valence-electron chi connectivity index (χ1n) is 5.59. The number of hydrogen-bond donors (Lipinski definition) is 1. The molecule has 1 aromatic rings. The Hall–Kier alpha value is -2.02. The largest absolute Gasteiger partial charge is 0.489 e. The molecule has 4 heteroatoms. The summed E-state index contributed by atoms with van der Waals surface area (Å²) in [6.45, 7) is 4.00. The van der Waals surface area contributed by atoms with Crippen molar-refractivity contribution >= 4 is 11.6 Å². The van der Waals surface area contributed by atoms with Crippen molar-refractivity contribution in [2.75, 3.05) is 5.32 Å². The van der Waals surface area contributed by atoms with Gasteiger partial charge in [0.15, 0.2) is 0 Å². The van der Waals surface area contributed by atoms with Gasteiger partial charge in [0, 0.05) is 0 Å². The number of amides is 1. The SMILES string of the molecule is CCC(C)Oc1ccccc1NC(=O)CC#N. The molecule has 0 radical (unpaired) electrons. The molecule has 1 amide bonds. The molecular weight excluding hydrogens is 216 g/mol. The Labute approximate surface area is 101 Å². The van der Waals surface area contributed by atoms with Crippen LogP contribution in [0.5, 0.6) is 5.75 Å². The van der Waals surface area contributed by atoms with Crippen molar-refractivity contribution in [3.05, 3.63) is 24.3 Å². The molecule has 90 valence electrons. The highest BCUT2D eigenvalue weighted by Gasteiger charge is 2.09. The number of nitriles is 1. The van der Waals surface area contributed by atoms with Crippen molar-refractivity contribution < 1.29 is 9.53 Å². The van der Waals surface area contributed by atoms with Crippen LogP contribution in [0.4, 0.5) is 5.69 Å². The average molecular weight is 232 g/mol. The third-order valence-corrected chi connectivity index (χ3v) is 2.30. The summed E-state index contributed by atoms with van der Waals surface area (Å²) in [6.07, 6.45) is 0.821. The van der Waals surface area contributed by atoms with E-state index in [-0.39, 0.29) is 18.4 Å². The molecular formula is C13H16N2O2. The maximum absolute atomic E-state index is 11.3. The van der Waals surface area contributed by atoms with Gasteiger partial charge in [0.2, 0.25) is 5.91 Å². The molecule has 0 aliphatic rings. The van der Waals surface area contributed by atoms with Crippen LogP contribution < -0.4 is 10.1 Å². The summed E-state index contributed by atoms with van der Waals surface area (Å²) in [5.41, 5.74) is 0.605. The van der Waals surface area contributed by atoms with E-state index in [1.54, 1.807) is 18.2 Å². The zero-order valence-corrected chi connectivity index (χ0v) is 10.1. The molecule has 0 saturated carbocycles. The number of nitrogens with zero attached hydrogens (tertiary/aromatic N) is 1. The minimum absolute atomic E-state index is 0.0871. The smallest absolute Gasteiger partial charge is 0.238 e. The number of carbonyl (C=O) groups excluding carboxylic acids is 1. The predicted molar refractivity (Wildman–Crippen MR) is 65.7 cm³/mol. The Kier molecular flexibility index (Phi) is 5.02. The quantitative estimate of drug-likeness (QED) is 0.849. The fraction of sp³-hybridized carbons (Fsp3) is 0.385. The van der Waals surface area contributed by atoms with E-state index in [0.29, 0.717) is 11.4 Å². The van der Waals surface area contributed by atoms with Gasteiger partial charge in [-0.3, -0.25) is 4.79 Å². The van der Waals surface area contributed by atoms with Gasteiger partial charge in [-0.15, -0.1) is 0 Å². The second kappa shape index (κ2) is 6.54. The van der Waals surface area contributed by atoms with Crippen LogP contribution >= 0.6 is 0 Å². The number of nitrogens with one attached hydrogen (secondary N) is 1. The average Bonchev–Trinajstić information content (AvgIpc) is 2.31. The molecule has 1 unspecified atom stereocenters. The highest BCUT2D eigenvalue weighted by Crippen LogP contribution is 2.25. The van der Waals surface area contributed by atoms with Crippen molar-refractivity contribution in [1.82, 2.24) is 0 Å². The number of carbonyl (C=O) groups is 1. The molecule has 0 aromatic heterocycles. The summed E-state index contributed by atoms with van der Waals surface area (Å²) in [5, 5.41) is 11.1. The van der Waals surface area contributed by atoms with Crippen LogP contribution in [0.3, 0.4) is 0 Å². The summed E-state index contributed by atoms with van der Waals surface area (Å²) >= 11 is 0. The predicted octanol–water partition coefficient (Wildman–Crippen LogP) is 2.72. The molecule has 0 aliphatic heterocycles. The standard InChI is InChI=1S/C13H16N2O2/c1-3-10(2)17-12-7-5-4-6-11(12)15-13(16)8-9-14/h4-7,10H,3,8H2,1-2H3,(H,15,16). The van der Waals surface area contributed by atoms with Gasteiger partial charge in [0.05, 0.1) is 17.9 Å². The van der Waals surface area contributed by atoms with E-state index in [4.69, 9.17) is 10.00 Å². The van der Waals surface area contributed by atoms with Gasteiger partial charge in [0.1, 0.15) is 12.2 Å². The minimum atomic E-state index is -0.326. The van der Waals surface area contributed by atoms with Gasteiger partial charge in [-0.1, -0.05) is 19.1 Å². The number of hydrogen-bond acceptors (Lipinski definition) is 3. The van der Waals surface area contributed by atoms with Gasteiger partial charge in [-0.25, -0.2) is 0 Å². The third-order valence-electron chi connectivity index (χ3n) is 2.30. The van der Waals surface area contributed by atoms with Crippen molar-refractivity contribution in [3.8, 4) is 11.8 Å². The fourth-order valence-corrected chi connectivity index (χ4v) is 1.24. The Morgan fingerprint density at radius 2 is 2.24 bits per heavy atom. The van der Waals surface area contributed by atoms with Gasteiger partial charge in [-0.05, 0) is 25.5 Å². The van der Waals surface area contributed by atoms with E-state index < -0.39 is 0 Å². The van der Waals surface area contributed by atoms with Gasteiger partial charge in [0.25, 0.3) is 0 Å². The fourth-order valence-electron chi connectivity index (χ4n) is 1.24. The van der Waals surface area contributed by atoms with Crippen LogP contribution in [0.1, 0.15) is 26.7 Å². The number of anilines is 1. The summed E-state index contributed by atoms with van der Waals surface area (Å²) in [5.74, 6) is 0.306. The summed E-state index contributed by atoms with van der Waals surface area (Å²) in [4.78, 5) is 11.3. The highest BCUT2D eigenvalue weighted by molar-refractivity contribution is 5.93. The Morgan fingerprint density at radius 3 is 2.88 bits per heavy atom. The van der Waals surface area contributed by atoms with E-state index in [0.717, 1.165) is 6.42 Å². The summed E-state index contributed by atoms with van der Waals surface area (Å²) in [6, 6.07) is 9.02. The van der Waals surface area contributed by atoms with Crippen molar-refractivity contribution in [2.45, 2.75) is 32.8 Å². The Balaban J connectivity index is 2.77. The second-order valence-electron chi connectivity index (χ2n) is 3.72. The molecule has 0 saturated heterocycles. The van der Waals surface area contributed by atoms with Crippen molar-refractivity contribution in [3.63, 3.8) is 0 Å². The molecule has 0 bridgehead atoms. The van der Waals surface area contributed by atoms with Crippen LogP contribution in [-0.4, -0.2) is 12.0 Å². The maximum Gasteiger partial charge on any atom is 0.238 e. The van der Waals surface area contributed by atoms with E-state index in [1.807, 2.05) is 26.0 Å². The molecule has 1 rings (SSSR count). The third kappa shape index (κ3) is 4.15. The first-order chi connectivity index (χ1) is 8.17. The van der Waals surface area contributed by atoms with Crippen LogP contribution in [-0.2, 0) is 4.79 Å². The van der Waals surface area contributed by atoms with Crippen LogP contribution in [0.2, 0.25) is 0 Å². The van der Waals surface area contributed by atoms with E-state index in [2.05, 4.69) is 5.32 Å². The zero-order chi connectivity index (χ0) is 12.7. The lowest BCUT2D eigenvalue weighted by Gasteiger charge is -2.16. The number of ether oxygens (including phenoxy) is 1. The van der Waals surface area contributed by atoms with Crippen LogP contribution in [0.25, 0.3) is 0 Å². The number of benzene rings is 1. The lowest BCUT2D eigenvalue weighted by molar-refractivity contribution is -0.115. The number of para-hydroxylation sites is 2. The molecule has 0 aliphatic carbocycles. The molecule has 0 heterocycles. The number of rotatable bonds is 5. The Bertz CT molecular complexity index is 424. The van der Waals surface area contributed by atoms with Gasteiger partial charge >= 0.3 is 0 Å². The normalized spacial score (nSPS) is 11.4. The second-order valence-corrected chi connectivity index (χ2v) is 3.72. The molecule has 1 N–H and O–H groups in total. The van der Waals surface area contributed by atoms with E-state index in [9.17, 15) is 4.79 Å². The van der Waals surface area contributed by atoms with E-state index in [1.165, 1.54) is 0 Å². The minimum Gasteiger partial charge on any atom is -0.489 e. The van der Waals surface area contributed by atoms with E-state index >= 15 is 0 Å².